The standard InChI is InChI=1S/C13H20N2O3/c1-16-10-6-9(7-11(8-10)17-2)13(15-14)12-4-3-5-18-12/h6-8,12-13,15H,3-5,14H2,1-2H3. The van der Waals surface area contributed by atoms with Gasteiger partial charge in [-0.15, -0.1) is 0 Å². The minimum Gasteiger partial charge on any atom is -0.497 e. The summed E-state index contributed by atoms with van der Waals surface area (Å²) in [7, 11) is 3.27. The first-order valence-electron chi connectivity index (χ1n) is 6.09. The molecule has 5 heteroatoms. The highest BCUT2D eigenvalue weighted by molar-refractivity contribution is 5.40. The number of nitrogens with one attached hydrogen (secondary N) is 1. The molecule has 1 heterocycles. The van der Waals surface area contributed by atoms with Crippen LogP contribution in [0.5, 0.6) is 11.5 Å². The third kappa shape index (κ3) is 2.75. The molecule has 1 saturated heterocycles. The molecule has 2 unspecified atom stereocenters. The second kappa shape index (κ2) is 6.04. The van der Waals surface area contributed by atoms with Crippen molar-refractivity contribution in [2.45, 2.75) is 25.0 Å². The van der Waals surface area contributed by atoms with Gasteiger partial charge in [0.15, 0.2) is 0 Å². The van der Waals surface area contributed by atoms with Crippen molar-refractivity contribution in [1.82, 2.24) is 5.43 Å². The summed E-state index contributed by atoms with van der Waals surface area (Å²) >= 11 is 0. The molecule has 2 atom stereocenters. The fraction of sp³-hybridized carbons (Fsp3) is 0.538. The molecule has 3 N–H and O–H groups in total. The molecule has 0 spiro atoms. The van der Waals surface area contributed by atoms with E-state index in [1.807, 2.05) is 18.2 Å². The van der Waals surface area contributed by atoms with E-state index in [0.29, 0.717) is 0 Å². The molecule has 0 saturated carbocycles. The van der Waals surface area contributed by atoms with Gasteiger partial charge in [0.05, 0.1) is 26.4 Å². The van der Waals surface area contributed by atoms with Crippen LogP contribution in [0.25, 0.3) is 0 Å². The maximum atomic E-state index is 5.68. The van der Waals surface area contributed by atoms with E-state index in [4.69, 9.17) is 20.1 Å². The highest BCUT2D eigenvalue weighted by Gasteiger charge is 2.27. The van der Waals surface area contributed by atoms with Gasteiger partial charge in [-0.1, -0.05) is 0 Å². The molecular formula is C13H20N2O3. The van der Waals surface area contributed by atoms with Crippen molar-refractivity contribution in [1.29, 1.82) is 0 Å². The minimum absolute atomic E-state index is 0.0449. The predicted octanol–water partition coefficient (Wildman–Crippen LogP) is 1.39. The molecular weight excluding hydrogens is 232 g/mol. The van der Waals surface area contributed by atoms with E-state index in [9.17, 15) is 0 Å². The zero-order valence-electron chi connectivity index (χ0n) is 10.8. The summed E-state index contributed by atoms with van der Waals surface area (Å²) in [5.41, 5.74) is 3.84. The van der Waals surface area contributed by atoms with Crippen molar-refractivity contribution in [3.8, 4) is 11.5 Å². The Bertz CT molecular complexity index is 370. The summed E-state index contributed by atoms with van der Waals surface area (Å²) in [6, 6.07) is 5.70. The van der Waals surface area contributed by atoms with Gasteiger partial charge in [0.1, 0.15) is 11.5 Å². The van der Waals surface area contributed by atoms with Crippen LogP contribution < -0.4 is 20.7 Å². The van der Waals surface area contributed by atoms with Crippen LogP contribution in [-0.2, 0) is 4.74 Å². The van der Waals surface area contributed by atoms with Crippen LogP contribution in [0, 0.1) is 0 Å². The number of hydrazine groups is 1. The molecule has 100 valence electrons. The molecule has 0 aliphatic carbocycles. The van der Waals surface area contributed by atoms with Crippen LogP contribution in [0.15, 0.2) is 18.2 Å². The summed E-state index contributed by atoms with van der Waals surface area (Å²) < 4.78 is 16.2. The average molecular weight is 252 g/mol. The number of benzene rings is 1. The molecule has 1 aliphatic rings. The topological polar surface area (TPSA) is 65.7 Å². The largest absolute Gasteiger partial charge is 0.497 e. The van der Waals surface area contributed by atoms with Gasteiger partial charge in [-0.2, -0.15) is 0 Å². The Morgan fingerprint density at radius 3 is 2.39 bits per heavy atom. The van der Waals surface area contributed by atoms with E-state index >= 15 is 0 Å². The van der Waals surface area contributed by atoms with E-state index in [1.54, 1.807) is 14.2 Å². The average Bonchev–Trinajstić information content (AvgIpc) is 2.93. The van der Waals surface area contributed by atoms with Gasteiger partial charge in [0, 0.05) is 12.7 Å². The molecule has 0 radical (unpaired) electrons. The van der Waals surface area contributed by atoms with Crippen LogP contribution in [0.3, 0.4) is 0 Å². The highest BCUT2D eigenvalue weighted by atomic mass is 16.5. The van der Waals surface area contributed by atoms with Crippen LogP contribution in [0.4, 0.5) is 0 Å². The van der Waals surface area contributed by atoms with Crippen molar-refractivity contribution in [2.24, 2.45) is 5.84 Å². The summed E-state index contributed by atoms with van der Waals surface area (Å²) in [6.45, 7) is 0.796. The Hall–Kier alpha value is -1.30. The van der Waals surface area contributed by atoms with Gasteiger partial charge >= 0.3 is 0 Å². The Morgan fingerprint density at radius 2 is 1.94 bits per heavy atom. The van der Waals surface area contributed by atoms with Gasteiger partial charge in [-0.3, -0.25) is 11.3 Å². The Labute approximate surface area is 107 Å². The van der Waals surface area contributed by atoms with Gasteiger partial charge in [0.2, 0.25) is 0 Å². The van der Waals surface area contributed by atoms with E-state index in [1.165, 1.54) is 0 Å². The first-order chi connectivity index (χ1) is 8.78. The van der Waals surface area contributed by atoms with Gasteiger partial charge < -0.3 is 14.2 Å². The van der Waals surface area contributed by atoms with Crippen molar-refractivity contribution in [3.63, 3.8) is 0 Å². The summed E-state index contributed by atoms with van der Waals surface area (Å²) in [6.07, 6.45) is 2.19. The Balaban J connectivity index is 2.28. The second-order valence-electron chi connectivity index (χ2n) is 4.34. The lowest BCUT2D eigenvalue weighted by Crippen LogP contribution is -2.36. The van der Waals surface area contributed by atoms with E-state index in [2.05, 4.69) is 5.43 Å². The van der Waals surface area contributed by atoms with Crippen LogP contribution >= 0.6 is 0 Å². The van der Waals surface area contributed by atoms with Crippen molar-refractivity contribution in [3.05, 3.63) is 23.8 Å². The van der Waals surface area contributed by atoms with E-state index in [-0.39, 0.29) is 12.1 Å². The lowest BCUT2D eigenvalue weighted by atomic mass is 9.99. The first kappa shape index (κ1) is 13.1. The zero-order valence-corrected chi connectivity index (χ0v) is 10.8. The van der Waals surface area contributed by atoms with Crippen molar-refractivity contribution < 1.29 is 14.2 Å². The first-order valence-corrected chi connectivity index (χ1v) is 6.09. The third-order valence-electron chi connectivity index (χ3n) is 3.25. The summed E-state index contributed by atoms with van der Waals surface area (Å²) in [4.78, 5) is 0. The molecule has 0 aromatic heterocycles. The fourth-order valence-electron chi connectivity index (χ4n) is 2.29. The molecule has 1 aromatic carbocycles. The molecule has 5 nitrogen and oxygen atoms in total. The van der Waals surface area contributed by atoms with E-state index < -0.39 is 0 Å². The summed E-state index contributed by atoms with van der Waals surface area (Å²) in [5.74, 6) is 7.16. The third-order valence-corrected chi connectivity index (χ3v) is 3.25. The molecule has 2 rings (SSSR count). The number of hydrogen-bond acceptors (Lipinski definition) is 5. The lowest BCUT2D eigenvalue weighted by Gasteiger charge is -2.23. The zero-order chi connectivity index (χ0) is 13.0. The number of rotatable bonds is 5. The van der Waals surface area contributed by atoms with Crippen molar-refractivity contribution in [2.75, 3.05) is 20.8 Å². The van der Waals surface area contributed by atoms with Crippen molar-refractivity contribution >= 4 is 0 Å². The van der Waals surface area contributed by atoms with Gasteiger partial charge in [-0.25, -0.2) is 0 Å². The fourth-order valence-corrected chi connectivity index (χ4v) is 2.29. The van der Waals surface area contributed by atoms with Gasteiger partial charge in [0.25, 0.3) is 0 Å². The normalized spacial score (nSPS) is 20.7. The molecule has 0 amide bonds. The van der Waals surface area contributed by atoms with Crippen LogP contribution in [0.2, 0.25) is 0 Å². The molecule has 0 bridgehead atoms. The number of nitrogens with two attached hydrogens (primary N) is 1. The van der Waals surface area contributed by atoms with Crippen LogP contribution in [0.1, 0.15) is 24.4 Å². The highest BCUT2D eigenvalue weighted by Crippen LogP contribution is 2.31. The van der Waals surface area contributed by atoms with Crippen LogP contribution in [-0.4, -0.2) is 26.9 Å². The number of hydrogen-bond donors (Lipinski definition) is 2. The SMILES string of the molecule is COc1cc(OC)cc(C(NN)C2CCCO2)c1. The monoisotopic (exact) mass is 252 g/mol. The lowest BCUT2D eigenvalue weighted by molar-refractivity contribution is 0.0782. The maximum Gasteiger partial charge on any atom is 0.122 e. The second-order valence-corrected chi connectivity index (χ2v) is 4.34. The molecule has 1 fully saturated rings. The van der Waals surface area contributed by atoms with E-state index in [0.717, 1.165) is 36.5 Å². The number of methoxy groups -OCH3 is 2. The Morgan fingerprint density at radius 1 is 1.28 bits per heavy atom. The predicted molar refractivity (Wildman–Crippen MR) is 68.6 cm³/mol. The molecule has 18 heavy (non-hydrogen) atoms. The summed E-state index contributed by atoms with van der Waals surface area (Å²) in [5, 5.41) is 0. The number of ether oxygens (including phenoxy) is 3. The van der Waals surface area contributed by atoms with Gasteiger partial charge in [-0.05, 0) is 30.5 Å². The Kier molecular flexibility index (Phi) is 4.41. The maximum absolute atomic E-state index is 5.68. The minimum atomic E-state index is -0.0449. The molecule has 1 aromatic rings. The smallest absolute Gasteiger partial charge is 0.122 e. The molecule has 1 aliphatic heterocycles. The quantitative estimate of drug-likeness (QED) is 0.612.